The number of halogens is 5. The lowest BCUT2D eigenvalue weighted by molar-refractivity contribution is -0.141. The largest absolute Gasteiger partial charge is 0.435 e. The van der Waals surface area contributed by atoms with Crippen LogP contribution in [0.1, 0.15) is 30.9 Å². The lowest BCUT2D eigenvalue weighted by Gasteiger charge is -2.25. The number of benzene rings is 1. The third-order valence-electron chi connectivity index (χ3n) is 6.15. The highest BCUT2D eigenvalue weighted by molar-refractivity contribution is 6.34. The maximum Gasteiger partial charge on any atom is 0.435 e. The van der Waals surface area contributed by atoms with E-state index in [2.05, 4.69) is 10.1 Å². The number of aromatic nitrogens is 5. The van der Waals surface area contributed by atoms with Crippen LogP contribution in [0.2, 0.25) is 10.3 Å². The molecule has 5 nitrogen and oxygen atoms in total. The Balaban J connectivity index is 1.64. The van der Waals surface area contributed by atoms with Crippen molar-refractivity contribution < 1.29 is 13.2 Å². The van der Waals surface area contributed by atoms with Gasteiger partial charge in [0, 0.05) is 17.2 Å². The fourth-order valence-electron chi connectivity index (χ4n) is 4.02. The first-order chi connectivity index (χ1) is 18.0. The summed E-state index contributed by atoms with van der Waals surface area (Å²) in [4.78, 5) is 13.7. The van der Waals surface area contributed by atoms with Gasteiger partial charge < -0.3 is 0 Å². The molecule has 0 unspecified atom stereocenters. The van der Waals surface area contributed by atoms with Gasteiger partial charge in [0.2, 0.25) is 0 Å². The van der Waals surface area contributed by atoms with Crippen molar-refractivity contribution in [1.29, 1.82) is 0 Å². The van der Waals surface area contributed by atoms with E-state index in [1.54, 1.807) is 18.2 Å². The lowest BCUT2D eigenvalue weighted by atomic mass is 9.83. The minimum atomic E-state index is -4.56. The van der Waals surface area contributed by atoms with Crippen LogP contribution in [0.25, 0.3) is 28.2 Å². The SMILES string of the molecule is CC(C)(c1cccc(-c2ccc(Cl)nc2Cl)n1)c1cc(-c2ccccc2)cc(-n2ccc(C(F)(F)F)n2)n1. The molecule has 0 N–H and O–H groups in total. The maximum atomic E-state index is 13.3. The summed E-state index contributed by atoms with van der Waals surface area (Å²) < 4.78 is 40.9. The molecule has 4 heterocycles. The van der Waals surface area contributed by atoms with Gasteiger partial charge in [-0.05, 0) is 67.4 Å². The Labute approximate surface area is 226 Å². The summed E-state index contributed by atoms with van der Waals surface area (Å²) in [5, 5.41) is 4.24. The average molecular weight is 554 g/mol. The topological polar surface area (TPSA) is 56.5 Å². The summed E-state index contributed by atoms with van der Waals surface area (Å²) in [6.45, 7) is 3.90. The van der Waals surface area contributed by atoms with Crippen molar-refractivity contribution in [3.8, 4) is 28.2 Å². The Morgan fingerprint density at radius 2 is 1.47 bits per heavy atom. The van der Waals surface area contributed by atoms with Crippen LogP contribution in [0, 0.1) is 0 Å². The summed E-state index contributed by atoms with van der Waals surface area (Å²) in [5.74, 6) is 0.256. The van der Waals surface area contributed by atoms with Crippen molar-refractivity contribution in [2.75, 3.05) is 0 Å². The molecule has 0 saturated carbocycles. The van der Waals surface area contributed by atoms with Crippen molar-refractivity contribution in [1.82, 2.24) is 24.7 Å². The van der Waals surface area contributed by atoms with E-state index in [9.17, 15) is 13.2 Å². The van der Waals surface area contributed by atoms with Gasteiger partial charge in [0.25, 0.3) is 0 Å². The van der Waals surface area contributed by atoms with Crippen LogP contribution in [0.4, 0.5) is 13.2 Å². The minimum absolute atomic E-state index is 0.227. The van der Waals surface area contributed by atoms with Gasteiger partial charge in [-0.15, -0.1) is 0 Å². The molecule has 0 saturated heterocycles. The Morgan fingerprint density at radius 3 is 2.16 bits per heavy atom. The predicted molar refractivity (Wildman–Crippen MR) is 141 cm³/mol. The van der Waals surface area contributed by atoms with Gasteiger partial charge in [0.05, 0.1) is 17.1 Å². The third-order valence-corrected chi connectivity index (χ3v) is 6.65. The predicted octanol–water partition coefficient (Wildman–Crippen LogP) is 8.04. The van der Waals surface area contributed by atoms with E-state index in [4.69, 9.17) is 33.2 Å². The fourth-order valence-corrected chi connectivity index (χ4v) is 4.46. The molecule has 192 valence electrons. The molecule has 5 rings (SSSR count). The molecule has 4 aromatic heterocycles. The number of alkyl halides is 3. The Hall–Kier alpha value is -3.75. The lowest BCUT2D eigenvalue weighted by Crippen LogP contribution is -2.23. The van der Waals surface area contributed by atoms with E-state index >= 15 is 0 Å². The highest BCUT2D eigenvalue weighted by Gasteiger charge is 2.34. The molecule has 0 bridgehead atoms. The molecule has 38 heavy (non-hydrogen) atoms. The third kappa shape index (κ3) is 5.14. The van der Waals surface area contributed by atoms with Crippen LogP contribution in [0.15, 0.2) is 85.1 Å². The summed E-state index contributed by atoms with van der Waals surface area (Å²) >= 11 is 12.3. The van der Waals surface area contributed by atoms with Crippen molar-refractivity contribution in [3.63, 3.8) is 0 Å². The summed E-state index contributed by atoms with van der Waals surface area (Å²) in [6, 6.07) is 23.0. The number of rotatable bonds is 5. The molecule has 0 atom stereocenters. The highest BCUT2D eigenvalue weighted by Crippen LogP contribution is 2.35. The van der Waals surface area contributed by atoms with E-state index in [-0.39, 0.29) is 16.1 Å². The van der Waals surface area contributed by atoms with E-state index in [0.29, 0.717) is 22.6 Å². The summed E-state index contributed by atoms with van der Waals surface area (Å²) in [5.41, 5.74) is 2.43. The summed E-state index contributed by atoms with van der Waals surface area (Å²) in [6.07, 6.45) is -3.31. The zero-order valence-corrected chi connectivity index (χ0v) is 21.7. The van der Waals surface area contributed by atoms with Crippen molar-refractivity contribution in [2.24, 2.45) is 0 Å². The van der Waals surface area contributed by atoms with Crippen LogP contribution < -0.4 is 0 Å². The second kappa shape index (κ2) is 9.85. The van der Waals surface area contributed by atoms with Gasteiger partial charge in [-0.1, -0.05) is 59.6 Å². The quantitative estimate of drug-likeness (QED) is 0.206. The van der Waals surface area contributed by atoms with Gasteiger partial charge in [0.1, 0.15) is 10.3 Å². The van der Waals surface area contributed by atoms with Crippen LogP contribution in [0.5, 0.6) is 0 Å². The first kappa shape index (κ1) is 25.9. The molecule has 10 heteroatoms. The second-order valence-electron chi connectivity index (χ2n) is 9.11. The second-order valence-corrected chi connectivity index (χ2v) is 9.86. The number of hydrogen-bond acceptors (Lipinski definition) is 4. The van der Waals surface area contributed by atoms with Crippen LogP contribution in [-0.2, 0) is 11.6 Å². The first-order valence-corrected chi connectivity index (χ1v) is 12.3. The van der Waals surface area contributed by atoms with Crippen LogP contribution in [0.3, 0.4) is 0 Å². The first-order valence-electron chi connectivity index (χ1n) is 11.5. The average Bonchev–Trinajstić information content (AvgIpc) is 3.40. The van der Waals surface area contributed by atoms with E-state index < -0.39 is 17.3 Å². The standard InChI is InChI=1S/C28H20Cl2F3N5/c1-27(2,21-10-6-9-20(34-21)19-11-12-24(29)36-26(19)30)23-15-18(17-7-4-3-5-8-17)16-25(35-23)38-14-13-22(37-38)28(31,32)33/h3-16H,1-2H3. The van der Waals surface area contributed by atoms with Gasteiger partial charge in [0.15, 0.2) is 11.5 Å². The summed E-state index contributed by atoms with van der Waals surface area (Å²) in [7, 11) is 0. The molecule has 1 aromatic carbocycles. The van der Waals surface area contributed by atoms with E-state index in [1.807, 2.05) is 68.4 Å². The van der Waals surface area contributed by atoms with Gasteiger partial charge in [-0.3, -0.25) is 4.98 Å². The Kier molecular flexibility index (Phi) is 6.71. The van der Waals surface area contributed by atoms with Gasteiger partial charge >= 0.3 is 6.18 Å². The van der Waals surface area contributed by atoms with Crippen LogP contribution in [-0.4, -0.2) is 24.7 Å². The highest BCUT2D eigenvalue weighted by atomic mass is 35.5. The van der Waals surface area contributed by atoms with Crippen LogP contribution >= 0.6 is 23.2 Å². The molecule has 0 aliphatic carbocycles. The van der Waals surface area contributed by atoms with Crippen molar-refractivity contribution in [2.45, 2.75) is 25.4 Å². The molecule has 0 aliphatic rings. The monoisotopic (exact) mass is 553 g/mol. The number of pyridine rings is 3. The smallest absolute Gasteiger partial charge is 0.252 e. The number of hydrogen-bond donors (Lipinski definition) is 0. The minimum Gasteiger partial charge on any atom is -0.252 e. The molecule has 0 spiro atoms. The molecule has 0 amide bonds. The van der Waals surface area contributed by atoms with E-state index in [0.717, 1.165) is 21.9 Å². The maximum absolute atomic E-state index is 13.3. The Bertz CT molecular complexity index is 1610. The van der Waals surface area contributed by atoms with Crippen molar-refractivity contribution >= 4 is 23.2 Å². The molecule has 0 aliphatic heterocycles. The molecular formula is C28H20Cl2F3N5. The van der Waals surface area contributed by atoms with Crippen molar-refractivity contribution in [3.05, 3.63) is 112 Å². The fraction of sp³-hybridized carbons (Fsp3) is 0.143. The van der Waals surface area contributed by atoms with E-state index in [1.165, 1.54) is 6.20 Å². The molecule has 5 aromatic rings. The normalized spacial score (nSPS) is 12.1. The zero-order valence-electron chi connectivity index (χ0n) is 20.2. The number of nitrogens with zero attached hydrogens (tertiary/aromatic N) is 5. The molecular weight excluding hydrogens is 534 g/mol. The molecule has 0 fully saturated rings. The molecule has 0 radical (unpaired) electrons. The van der Waals surface area contributed by atoms with Gasteiger partial charge in [-0.25, -0.2) is 14.6 Å². The Morgan fingerprint density at radius 1 is 0.711 bits per heavy atom. The van der Waals surface area contributed by atoms with Gasteiger partial charge in [-0.2, -0.15) is 18.3 Å². The zero-order chi connectivity index (χ0) is 27.1.